The molecule has 1 atom stereocenters. The molecule has 0 aliphatic carbocycles. The van der Waals surface area contributed by atoms with Crippen LogP contribution in [0.5, 0.6) is 0 Å². The molecule has 174 valence electrons. The first-order valence-corrected chi connectivity index (χ1v) is 12.0. The number of rotatable bonds is 7. The molecule has 33 heavy (non-hydrogen) atoms. The minimum Gasteiger partial charge on any atom is -0.356 e. The van der Waals surface area contributed by atoms with Gasteiger partial charge in [0.15, 0.2) is 10.8 Å². The summed E-state index contributed by atoms with van der Waals surface area (Å²) in [7, 11) is 0. The van der Waals surface area contributed by atoms with Crippen LogP contribution in [0.2, 0.25) is 5.02 Å². The average molecular weight is 489 g/mol. The second-order valence-electron chi connectivity index (χ2n) is 7.87. The van der Waals surface area contributed by atoms with Crippen molar-refractivity contribution in [3.05, 3.63) is 51.5 Å². The first kappa shape index (κ1) is 23.2. The van der Waals surface area contributed by atoms with Crippen molar-refractivity contribution in [1.29, 1.82) is 0 Å². The van der Waals surface area contributed by atoms with Gasteiger partial charge >= 0.3 is 0 Å². The molecule has 9 nitrogen and oxygen atoms in total. The lowest BCUT2D eigenvalue weighted by molar-refractivity contribution is -0.125. The molecule has 4 rings (SSSR count). The Balaban J connectivity index is 1.46. The molecule has 0 bridgehead atoms. The molecule has 1 aliphatic heterocycles. The second-order valence-corrected chi connectivity index (χ2v) is 9.26. The van der Waals surface area contributed by atoms with E-state index in [-0.39, 0.29) is 36.4 Å². The van der Waals surface area contributed by atoms with Crippen LogP contribution < -0.4 is 21.1 Å². The van der Waals surface area contributed by atoms with Gasteiger partial charge in [0.2, 0.25) is 11.8 Å². The number of thiazole rings is 1. The van der Waals surface area contributed by atoms with Crippen LogP contribution in [0.25, 0.3) is 10.3 Å². The summed E-state index contributed by atoms with van der Waals surface area (Å²) in [5.41, 5.74) is 0.842. The van der Waals surface area contributed by atoms with E-state index in [1.54, 1.807) is 6.07 Å². The molecule has 2 aromatic heterocycles. The quantitative estimate of drug-likeness (QED) is 0.527. The number of fused-ring (bicyclic) bond motifs is 1. The van der Waals surface area contributed by atoms with Crippen molar-refractivity contribution >= 4 is 50.2 Å². The SMILES string of the molecule is CCNC(=O)[C@@H]1CCCN(c2nc3ncn(CC(=O)NCc4ccccc4Cl)c(=O)c3s2)C1. The third-order valence-electron chi connectivity index (χ3n) is 5.53. The van der Waals surface area contributed by atoms with Gasteiger partial charge in [-0.2, -0.15) is 4.98 Å². The fourth-order valence-corrected chi connectivity index (χ4v) is 5.02. The molecule has 1 fully saturated rings. The molecule has 11 heteroatoms. The van der Waals surface area contributed by atoms with Crippen molar-refractivity contribution in [2.75, 3.05) is 24.5 Å². The highest BCUT2D eigenvalue weighted by molar-refractivity contribution is 7.22. The minimum atomic E-state index is -0.316. The summed E-state index contributed by atoms with van der Waals surface area (Å²) in [5.74, 6) is -0.368. The highest BCUT2D eigenvalue weighted by atomic mass is 35.5. The summed E-state index contributed by atoms with van der Waals surface area (Å²) < 4.78 is 1.67. The summed E-state index contributed by atoms with van der Waals surface area (Å²) in [4.78, 5) is 48.4. The van der Waals surface area contributed by atoms with E-state index in [2.05, 4.69) is 20.6 Å². The Morgan fingerprint density at radius 2 is 2.09 bits per heavy atom. The van der Waals surface area contributed by atoms with E-state index in [4.69, 9.17) is 11.6 Å². The highest BCUT2D eigenvalue weighted by Gasteiger charge is 2.27. The van der Waals surface area contributed by atoms with Crippen molar-refractivity contribution in [3.63, 3.8) is 0 Å². The van der Waals surface area contributed by atoms with Crippen LogP contribution in [0.3, 0.4) is 0 Å². The van der Waals surface area contributed by atoms with Crippen LogP contribution in [0, 0.1) is 5.92 Å². The fourth-order valence-electron chi connectivity index (χ4n) is 3.81. The van der Waals surface area contributed by atoms with Crippen molar-refractivity contribution in [3.8, 4) is 0 Å². The van der Waals surface area contributed by atoms with Gasteiger partial charge in [0.1, 0.15) is 17.6 Å². The lowest BCUT2D eigenvalue weighted by atomic mass is 9.97. The number of carbonyl (C=O) groups is 2. The number of amides is 2. The smallest absolute Gasteiger partial charge is 0.273 e. The van der Waals surface area contributed by atoms with Gasteiger partial charge in [-0.25, -0.2) is 4.98 Å². The van der Waals surface area contributed by atoms with Crippen LogP contribution in [-0.2, 0) is 22.7 Å². The van der Waals surface area contributed by atoms with Crippen molar-refractivity contribution in [2.45, 2.75) is 32.9 Å². The molecule has 0 spiro atoms. The normalized spacial score (nSPS) is 16.1. The summed E-state index contributed by atoms with van der Waals surface area (Å²) >= 11 is 7.37. The summed E-state index contributed by atoms with van der Waals surface area (Å²) in [6.45, 7) is 3.96. The number of piperidine rings is 1. The zero-order valence-electron chi connectivity index (χ0n) is 18.2. The molecule has 3 aromatic rings. The monoisotopic (exact) mass is 488 g/mol. The number of hydrogen-bond donors (Lipinski definition) is 2. The standard InChI is InChI=1S/C22H25ClN6O3S/c1-2-24-20(31)15-7-5-9-28(11-15)22-27-19-18(33-22)21(32)29(13-26-19)12-17(30)25-10-14-6-3-4-8-16(14)23/h3-4,6,8,13,15H,2,5,7,9-12H2,1H3,(H,24,31)(H,25,30)/t15-/m1/s1. The Morgan fingerprint density at radius 3 is 2.88 bits per heavy atom. The number of halogens is 1. The molecular weight excluding hydrogens is 464 g/mol. The van der Waals surface area contributed by atoms with Crippen LogP contribution in [-0.4, -0.2) is 46.0 Å². The topological polar surface area (TPSA) is 109 Å². The molecule has 0 radical (unpaired) electrons. The van der Waals surface area contributed by atoms with Crippen LogP contribution >= 0.6 is 22.9 Å². The number of anilines is 1. The Bertz CT molecular complexity index is 1230. The number of nitrogens with zero attached hydrogens (tertiary/aromatic N) is 4. The maximum atomic E-state index is 13.0. The summed E-state index contributed by atoms with van der Waals surface area (Å²) in [6, 6.07) is 7.26. The molecule has 1 aliphatic rings. The Labute approximate surface area is 199 Å². The zero-order valence-corrected chi connectivity index (χ0v) is 19.8. The molecule has 0 saturated carbocycles. The Morgan fingerprint density at radius 1 is 1.27 bits per heavy atom. The first-order valence-electron chi connectivity index (χ1n) is 10.8. The van der Waals surface area contributed by atoms with Gasteiger partial charge in [0.25, 0.3) is 5.56 Å². The molecule has 2 amide bonds. The van der Waals surface area contributed by atoms with Gasteiger partial charge < -0.3 is 15.5 Å². The van der Waals surface area contributed by atoms with Crippen LogP contribution in [0.15, 0.2) is 35.4 Å². The van der Waals surface area contributed by atoms with E-state index in [0.29, 0.717) is 33.6 Å². The van der Waals surface area contributed by atoms with Crippen LogP contribution in [0.1, 0.15) is 25.3 Å². The number of aromatic nitrogens is 3. The number of nitrogens with one attached hydrogen (secondary N) is 2. The average Bonchev–Trinajstić information content (AvgIpc) is 3.26. The van der Waals surface area contributed by atoms with Gasteiger partial charge in [0.05, 0.1) is 5.92 Å². The largest absolute Gasteiger partial charge is 0.356 e. The van der Waals surface area contributed by atoms with Gasteiger partial charge in [-0.1, -0.05) is 41.1 Å². The molecule has 2 N–H and O–H groups in total. The van der Waals surface area contributed by atoms with E-state index in [1.165, 1.54) is 22.2 Å². The van der Waals surface area contributed by atoms with Gasteiger partial charge in [-0.3, -0.25) is 19.0 Å². The minimum absolute atomic E-state index is 0.0478. The Kier molecular flexibility index (Phi) is 7.24. The maximum Gasteiger partial charge on any atom is 0.273 e. The van der Waals surface area contributed by atoms with Gasteiger partial charge in [-0.15, -0.1) is 0 Å². The second kappa shape index (κ2) is 10.3. The van der Waals surface area contributed by atoms with Crippen molar-refractivity contribution in [1.82, 2.24) is 25.2 Å². The lowest BCUT2D eigenvalue weighted by Crippen LogP contribution is -2.43. The van der Waals surface area contributed by atoms with E-state index < -0.39 is 0 Å². The number of carbonyl (C=O) groups excluding carboxylic acids is 2. The summed E-state index contributed by atoms with van der Waals surface area (Å²) in [5, 5.41) is 6.90. The molecule has 1 aromatic carbocycles. The maximum absolute atomic E-state index is 13.0. The molecule has 1 saturated heterocycles. The van der Waals surface area contributed by atoms with E-state index in [0.717, 1.165) is 24.9 Å². The van der Waals surface area contributed by atoms with E-state index in [9.17, 15) is 14.4 Å². The third-order valence-corrected chi connectivity index (χ3v) is 7.00. The van der Waals surface area contributed by atoms with Gasteiger partial charge in [0, 0.05) is 31.2 Å². The van der Waals surface area contributed by atoms with Gasteiger partial charge in [-0.05, 0) is 31.4 Å². The van der Waals surface area contributed by atoms with E-state index in [1.807, 2.05) is 30.0 Å². The zero-order chi connectivity index (χ0) is 23.4. The van der Waals surface area contributed by atoms with Crippen molar-refractivity contribution in [2.24, 2.45) is 5.92 Å². The predicted molar refractivity (Wildman–Crippen MR) is 129 cm³/mol. The van der Waals surface area contributed by atoms with Crippen molar-refractivity contribution < 1.29 is 9.59 Å². The lowest BCUT2D eigenvalue weighted by Gasteiger charge is -2.31. The molecular formula is C22H25ClN6O3S. The van der Waals surface area contributed by atoms with Crippen LogP contribution in [0.4, 0.5) is 5.13 Å². The number of benzene rings is 1. The summed E-state index contributed by atoms with van der Waals surface area (Å²) in [6.07, 6.45) is 3.06. The number of hydrogen-bond acceptors (Lipinski definition) is 7. The van der Waals surface area contributed by atoms with E-state index >= 15 is 0 Å². The highest BCUT2D eigenvalue weighted by Crippen LogP contribution is 2.29. The fraction of sp³-hybridized carbons (Fsp3) is 0.409. The molecule has 0 unspecified atom stereocenters. The Hall–Kier alpha value is -2.98. The third kappa shape index (κ3) is 5.33. The molecule has 3 heterocycles. The predicted octanol–water partition coefficient (Wildman–Crippen LogP) is 2.18. The first-order chi connectivity index (χ1) is 16.0.